The Morgan fingerprint density at radius 1 is 1.23 bits per heavy atom. The SMILES string of the molecule is C=C1C=CC=C(OC(=O)N2CCN(C)CC2)/C1=[N+](\O)c1cc(Cl)c(Cl)cc1[NH2+]OC. The first kappa shape index (κ1) is 22.3. The number of rotatable bonds is 4. The third-order valence-electron chi connectivity index (χ3n) is 4.80. The zero-order chi connectivity index (χ0) is 21.8. The van der Waals surface area contributed by atoms with Gasteiger partial charge in [0.2, 0.25) is 11.4 Å². The van der Waals surface area contributed by atoms with Gasteiger partial charge in [-0.15, -0.1) is 0 Å². The number of quaternary nitrogens is 1. The van der Waals surface area contributed by atoms with Crippen molar-refractivity contribution < 1.29 is 29.8 Å². The van der Waals surface area contributed by atoms with E-state index < -0.39 is 6.09 Å². The summed E-state index contributed by atoms with van der Waals surface area (Å²) in [4.78, 5) is 21.5. The molecule has 1 saturated heterocycles. The molecule has 1 heterocycles. The molecular formula is C20H24Cl2N4O4+2. The van der Waals surface area contributed by atoms with Crippen LogP contribution in [0.1, 0.15) is 0 Å². The van der Waals surface area contributed by atoms with Crippen molar-refractivity contribution in [3.8, 4) is 0 Å². The number of carbonyl (C=O) groups excluding carboxylic acids is 1. The fraction of sp³-hybridized carbons (Fsp3) is 0.300. The molecular weight excluding hydrogens is 431 g/mol. The van der Waals surface area contributed by atoms with E-state index >= 15 is 0 Å². The molecule has 160 valence electrons. The first-order chi connectivity index (χ1) is 14.3. The number of likely N-dealkylation sites (N-methyl/N-ethyl adjacent to an activating group) is 1. The lowest BCUT2D eigenvalue weighted by Crippen LogP contribution is -2.76. The van der Waals surface area contributed by atoms with Gasteiger partial charge >= 0.3 is 17.5 Å². The van der Waals surface area contributed by atoms with E-state index in [1.807, 2.05) is 7.05 Å². The molecule has 3 rings (SSSR count). The van der Waals surface area contributed by atoms with Crippen molar-refractivity contribution in [2.75, 3.05) is 40.3 Å². The predicted molar refractivity (Wildman–Crippen MR) is 114 cm³/mol. The fourth-order valence-electron chi connectivity index (χ4n) is 3.12. The smallest absolute Gasteiger partial charge is 0.403 e. The lowest BCUT2D eigenvalue weighted by molar-refractivity contribution is -0.834. The van der Waals surface area contributed by atoms with Gasteiger partial charge in [-0.05, 0) is 19.2 Å². The summed E-state index contributed by atoms with van der Waals surface area (Å²) in [6.45, 7) is 6.63. The minimum Gasteiger partial charge on any atom is -0.403 e. The largest absolute Gasteiger partial charge is 0.415 e. The number of benzene rings is 1. The summed E-state index contributed by atoms with van der Waals surface area (Å²) in [5.41, 5.74) is 2.86. The van der Waals surface area contributed by atoms with Crippen molar-refractivity contribution in [1.29, 1.82) is 0 Å². The van der Waals surface area contributed by atoms with E-state index in [0.29, 0.717) is 35.1 Å². The van der Waals surface area contributed by atoms with E-state index in [0.717, 1.165) is 17.8 Å². The average molecular weight is 455 g/mol. The van der Waals surface area contributed by atoms with Gasteiger partial charge in [-0.3, -0.25) is 5.21 Å². The molecule has 2 aliphatic rings. The van der Waals surface area contributed by atoms with Crippen molar-refractivity contribution in [3.05, 3.63) is 58.3 Å². The highest BCUT2D eigenvalue weighted by atomic mass is 35.5. The van der Waals surface area contributed by atoms with E-state index in [-0.39, 0.29) is 16.5 Å². The van der Waals surface area contributed by atoms with Gasteiger partial charge in [0.25, 0.3) is 0 Å². The molecule has 0 radical (unpaired) electrons. The molecule has 0 unspecified atom stereocenters. The Kier molecular flexibility index (Phi) is 7.17. The topological polar surface area (TPSA) is 81.9 Å². The van der Waals surface area contributed by atoms with Crippen LogP contribution in [0.15, 0.2) is 48.3 Å². The van der Waals surface area contributed by atoms with E-state index in [2.05, 4.69) is 11.5 Å². The van der Waals surface area contributed by atoms with Crippen molar-refractivity contribution in [3.63, 3.8) is 0 Å². The van der Waals surface area contributed by atoms with E-state index in [9.17, 15) is 10.0 Å². The van der Waals surface area contributed by atoms with Crippen LogP contribution in [0, 0.1) is 0 Å². The summed E-state index contributed by atoms with van der Waals surface area (Å²) in [7, 11) is 3.48. The number of ether oxygens (including phenoxy) is 1. The van der Waals surface area contributed by atoms with Crippen LogP contribution in [-0.2, 0) is 9.57 Å². The van der Waals surface area contributed by atoms with Gasteiger partial charge < -0.3 is 14.5 Å². The molecule has 8 nitrogen and oxygen atoms in total. The van der Waals surface area contributed by atoms with E-state index in [1.54, 1.807) is 29.2 Å². The molecule has 0 atom stereocenters. The second kappa shape index (κ2) is 9.63. The average Bonchev–Trinajstić information content (AvgIpc) is 2.71. The van der Waals surface area contributed by atoms with Crippen LogP contribution in [0.2, 0.25) is 10.0 Å². The van der Waals surface area contributed by atoms with Gasteiger partial charge in [-0.1, -0.05) is 35.9 Å². The van der Waals surface area contributed by atoms with Crippen LogP contribution in [0.3, 0.4) is 0 Å². The summed E-state index contributed by atoms with van der Waals surface area (Å²) in [6, 6.07) is 3.06. The summed E-state index contributed by atoms with van der Waals surface area (Å²) in [5, 5.41) is 11.6. The van der Waals surface area contributed by atoms with Crippen LogP contribution in [-0.4, -0.2) is 71.9 Å². The van der Waals surface area contributed by atoms with Crippen molar-refractivity contribution in [2.45, 2.75) is 0 Å². The third-order valence-corrected chi connectivity index (χ3v) is 5.52. The number of nitrogens with zero attached hydrogens (tertiary/aromatic N) is 3. The lowest BCUT2D eigenvalue weighted by Gasteiger charge is -2.31. The predicted octanol–water partition coefficient (Wildman–Crippen LogP) is 2.62. The molecule has 1 aromatic rings. The minimum atomic E-state index is -0.485. The fourth-order valence-corrected chi connectivity index (χ4v) is 3.45. The monoisotopic (exact) mass is 454 g/mol. The van der Waals surface area contributed by atoms with Gasteiger partial charge in [0, 0.05) is 48.6 Å². The molecule has 1 aliphatic carbocycles. The Balaban J connectivity index is 1.96. The summed E-state index contributed by atoms with van der Waals surface area (Å²) in [5.74, 6) is 0.170. The summed E-state index contributed by atoms with van der Waals surface area (Å²) < 4.78 is 6.49. The molecule has 1 fully saturated rings. The van der Waals surface area contributed by atoms with Gasteiger partial charge in [-0.2, -0.15) is 5.48 Å². The Morgan fingerprint density at radius 2 is 1.90 bits per heavy atom. The normalized spacial score (nSPS) is 19.0. The van der Waals surface area contributed by atoms with E-state index in [4.69, 9.17) is 32.8 Å². The van der Waals surface area contributed by atoms with Gasteiger partial charge in [0.1, 0.15) is 0 Å². The first-order valence-electron chi connectivity index (χ1n) is 9.26. The molecule has 1 amide bonds. The van der Waals surface area contributed by atoms with Crippen molar-refractivity contribution in [2.24, 2.45) is 0 Å². The maximum absolute atomic E-state index is 12.7. The number of allylic oxidation sites excluding steroid dienone is 4. The third kappa shape index (κ3) is 4.85. The zero-order valence-electron chi connectivity index (χ0n) is 16.8. The van der Waals surface area contributed by atoms with Crippen LogP contribution >= 0.6 is 23.2 Å². The van der Waals surface area contributed by atoms with E-state index in [1.165, 1.54) is 18.7 Å². The maximum Gasteiger partial charge on any atom is 0.415 e. The summed E-state index contributed by atoms with van der Waals surface area (Å²) in [6.07, 6.45) is 4.51. The second-order valence-electron chi connectivity index (χ2n) is 6.91. The summed E-state index contributed by atoms with van der Waals surface area (Å²) >= 11 is 12.3. The Labute approximate surface area is 184 Å². The van der Waals surface area contributed by atoms with Crippen LogP contribution in [0.5, 0.6) is 0 Å². The highest BCUT2D eigenvalue weighted by Crippen LogP contribution is 2.32. The molecule has 0 aromatic heterocycles. The first-order valence-corrected chi connectivity index (χ1v) is 10.0. The molecule has 30 heavy (non-hydrogen) atoms. The molecule has 0 spiro atoms. The molecule has 0 bridgehead atoms. The highest BCUT2D eigenvalue weighted by Gasteiger charge is 2.34. The number of carbonyl (C=O) groups is 1. The molecule has 0 saturated carbocycles. The second-order valence-corrected chi connectivity index (χ2v) is 7.73. The standard InChI is InChI=1S/C20H23Cl2N4O4/c1-13-5-4-6-18(30-20(27)25-9-7-24(2)8-10-25)19(13)26(28)17-12-15(22)14(21)11-16(17)23-29-3/h4-6,11-12,23,28H,1,7-10H2,2-3H3/q+1/p+1/b26-19-. The van der Waals surface area contributed by atoms with Crippen LogP contribution < -0.4 is 5.48 Å². The molecule has 10 heteroatoms. The van der Waals surface area contributed by atoms with Gasteiger partial charge in [0.05, 0.1) is 17.2 Å². The molecule has 1 aliphatic heterocycles. The Morgan fingerprint density at radius 3 is 2.57 bits per heavy atom. The number of hydrogen-bond donors (Lipinski definition) is 2. The van der Waals surface area contributed by atoms with Crippen LogP contribution in [0.25, 0.3) is 0 Å². The maximum atomic E-state index is 12.7. The van der Waals surface area contributed by atoms with Gasteiger partial charge in [-0.25, -0.2) is 9.63 Å². The molecule has 3 N–H and O–H groups in total. The lowest BCUT2D eigenvalue weighted by atomic mass is 10.0. The zero-order valence-corrected chi connectivity index (χ0v) is 18.3. The number of halogens is 2. The van der Waals surface area contributed by atoms with Crippen LogP contribution in [0.4, 0.5) is 16.2 Å². The van der Waals surface area contributed by atoms with Gasteiger partial charge in [0.15, 0.2) is 0 Å². The number of hydrogen-bond acceptors (Lipinski definition) is 5. The Bertz CT molecular complexity index is 950. The quantitative estimate of drug-likeness (QED) is 0.316. The highest BCUT2D eigenvalue weighted by molar-refractivity contribution is 6.42. The number of nitrogens with two attached hydrogens (primary N) is 1. The van der Waals surface area contributed by atoms with Crippen molar-refractivity contribution in [1.82, 2.24) is 9.80 Å². The number of piperazine rings is 1. The van der Waals surface area contributed by atoms with Crippen molar-refractivity contribution >= 4 is 46.4 Å². The minimum absolute atomic E-state index is 0.170. The molecule has 1 aromatic carbocycles. The number of amides is 1. The Hall–Kier alpha value is -2.36.